The van der Waals surface area contributed by atoms with Gasteiger partial charge in [0.05, 0.1) is 17.9 Å². The summed E-state index contributed by atoms with van der Waals surface area (Å²) in [7, 11) is 0. The third-order valence-corrected chi connectivity index (χ3v) is 5.96. The highest BCUT2D eigenvalue weighted by molar-refractivity contribution is 7.16. The van der Waals surface area contributed by atoms with Crippen molar-refractivity contribution in [3.05, 3.63) is 58.5 Å². The maximum absolute atomic E-state index is 12.8. The molecule has 30 heavy (non-hydrogen) atoms. The van der Waals surface area contributed by atoms with Gasteiger partial charge in [0.15, 0.2) is 5.13 Å². The third kappa shape index (κ3) is 3.80. The number of anilines is 2. The van der Waals surface area contributed by atoms with E-state index in [1.54, 1.807) is 24.0 Å². The van der Waals surface area contributed by atoms with Crippen LogP contribution in [0, 0.1) is 6.92 Å². The molecule has 0 aliphatic carbocycles. The molecule has 6 nitrogen and oxygen atoms in total. The molecule has 3 aromatic rings. The molecule has 1 N–H and O–H groups in total. The minimum atomic E-state index is -0.245. The molecule has 154 valence electrons. The van der Waals surface area contributed by atoms with Crippen LogP contribution in [0.5, 0.6) is 5.75 Å². The van der Waals surface area contributed by atoms with Crippen LogP contribution in [-0.2, 0) is 11.2 Å². The first-order chi connectivity index (χ1) is 14.5. The molecule has 1 aliphatic rings. The molecule has 1 aromatic heterocycles. The zero-order valence-corrected chi connectivity index (χ0v) is 18.0. The molecule has 1 aliphatic heterocycles. The van der Waals surface area contributed by atoms with Crippen molar-refractivity contribution >= 4 is 34.0 Å². The molecule has 7 heteroatoms. The van der Waals surface area contributed by atoms with Gasteiger partial charge in [-0.15, -0.1) is 11.3 Å². The summed E-state index contributed by atoms with van der Waals surface area (Å²) in [5.41, 5.74) is 4.43. The average molecular weight is 422 g/mol. The first kappa shape index (κ1) is 20.1. The van der Waals surface area contributed by atoms with E-state index in [2.05, 4.69) is 16.4 Å². The van der Waals surface area contributed by atoms with Crippen LogP contribution < -0.4 is 15.0 Å². The van der Waals surface area contributed by atoms with Crippen LogP contribution in [0.15, 0.2) is 42.5 Å². The standard InChI is InChI=1S/C23H23N3O3S/c1-4-29-20-8-6-5-7-18(20)22(28)25-23-24-21(14(2)30-23)17-9-10-19-16(13-17)11-12-26(19)15(3)27/h5-10,13H,4,11-12H2,1-3H3,(H,24,25,28). The van der Waals surface area contributed by atoms with Crippen molar-refractivity contribution in [3.63, 3.8) is 0 Å². The average Bonchev–Trinajstić information content (AvgIpc) is 3.31. The van der Waals surface area contributed by atoms with Crippen molar-refractivity contribution in [3.8, 4) is 17.0 Å². The number of aryl methyl sites for hydroxylation is 1. The molecule has 2 amide bonds. The second kappa shape index (κ2) is 8.28. The summed E-state index contributed by atoms with van der Waals surface area (Å²) >= 11 is 1.44. The summed E-state index contributed by atoms with van der Waals surface area (Å²) in [5, 5.41) is 3.44. The van der Waals surface area contributed by atoms with Gasteiger partial charge in [0.1, 0.15) is 5.75 Å². The molecule has 0 saturated carbocycles. The molecule has 0 radical (unpaired) electrons. The Bertz CT molecular complexity index is 1120. The number of thiazole rings is 1. The summed E-state index contributed by atoms with van der Waals surface area (Å²) in [4.78, 5) is 32.0. The number of benzene rings is 2. The third-order valence-electron chi connectivity index (χ3n) is 5.08. The Hall–Kier alpha value is -3.19. The van der Waals surface area contributed by atoms with Gasteiger partial charge in [0, 0.05) is 29.6 Å². The lowest BCUT2D eigenvalue weighted by atomic mass is 10.1. The van der Waals surface area contributed by atoms with Crippen LogP contribution in [0.2, 0.25) is 0 Å². The molecule has 2 heterocycles. The lowest BCUT2D eigenvalue weighted by Crippen LogP contribution is -2.25. The van der Waals surface area contributed by atoms with Gasteiger partial charge in [0.2, 0.25) is 5.91 Å². The molecule has 0 atom stereocenters. The maximum atomic E-state index is 12.8. The van der Waals surface area contributed by atoms with E-state index in [1.807, 2.05) is 38.1 Å². The Morgan fingerprint density at radius 1 is 1.23 bits per heavy atom. The summed E-state index contributed by atoms with van der Waals surface area (Å²) in [6.07, 6.45) is 0.837. The summed E-state index contributed by atoms with van der Waals surface area (Å²) in [6.45, 7) is 6.67. The molecular formula is C23H23N3O3S. The topological polar surface area (TPSA) is 71.5 Å². The number of amides is 2. The van der Waals surface area contributed by atoms with Crippen LogP contribution in [0.25, 0.3) is 11.3 Å². The van der Waals surface area contributed by atoms with E-state index < -0.39 is 0 Å². The normalized spacial score (nSPS) is 12.6. The highest BCUT2D eigenvalue weighted by Crippen LogP contribution is 2.36. The molecule has 0 unspecified atom stereocenters. The van der Waals surface area contributed by atoms with Gasteiger partial charge in [0.25, 0.3) is 5.91 Å². The van der Waals surface area contributed by atoms with Crippen LogP contribution >= 0.6 is 11.3 Å². The molecule has 0 bridgehead atoms. The van der Waals surface area contributed by atoms with Crippen molar-refractivity contribution in [2.75, 3.05) is 23.4 Å². The summed E-state index contributed by atoms with van der Waals surface area (Å²) < 4.78 is 5.56. The number of ether oxygens (including phenoxy) is 1. The zero-order chi connectivity index (χ0) is 21.3. The van der Waals surface area contributed by atoms with Crippen LogP contribution in [0.4, 0.5) is 10.8 Å². The second-order valence-electron chi connectivity index (χ2n) is 7.07. The Morgan fingerprint density at radius 2 is 2.03 bits per heavy atom. The van der Waals surface area contributed by atoms with Crippen molar-refractivity contribution in [2.24, 2.45) is 0 Å². The molecule has 0 spiro atoms. The highest BCUT2D eigenvalue weighted by atomic mass is 32.1. The van der Waals surface area contributed by atoms with E-state index in [0.717, 1.165) is 33.8 Å². The van der Waals surface area contributed by atoms with Crippen LogP contribution in [0.3, 0.4) is 0 Å². The van der Waals surface area contributed by atoms with Gasteiger partial charge < -0.3 is 9.64 Å². The smallest absolute Gasteiger partial charge is 0.261 e. The van der Waals surface area contributed by atoms with E-state index in [4.69, 9.17) is 4.74 Å². The first-order valence-corrected chi connectivity index (χ1v) is 10.7. The number of nitrogens with one attached hydrogen (secondary N) is 1. The maximum Gasteiger partial charge on any atom is 0.261 e. The van der Waals surface area contributed by atoms with Crippen LogP contribution in [0.1, 0.15) is 34.6 Å². The summed E-state index contributed by atoms with van der Waals surface area (Å²) in [6, 6.07) is 13.2. The quantitative estimate of drug-likeness (QED) is 0.649. The lowest BCUT2D eigenvalue weighted by Gasteiger charge is -2.14. The Kier molecular flexibility index (Phi) is 5.55. The molecule has 0 fully saturated rings. The Morgan fingerprint density at radius 3 is 2.80 bits per heavy atom. The zero-order valence-electron chi connectivity index (χ0n) is 17.2. The predicted molar refractivity (Wildman–Crippen MR) is 120 cm³/mol. The number of aromatic nitrogens is 1. The Labute approximate surface area is 179 Å². The second-order valence-corrected chi connectivity index (χ2v) is 8.27. The van der Waals surface area contributed by atoms with Crippen molar-refractivity contribution in [2.45, 2.75) is 27.2 Å². The fourth-order valence-corrected chi connectivity index (χ4v) is 4.52. The predicted octanol–water partition coefficient (Wildman–Crippen LogP) is 4.68. The fourth-order valence-electron chi connectivity index (χ4n) is 3.69. The van der Waals surface area contributed by atoms with Crippen molar-refractivity contribution in [1.82, 2.24) is 4.98 Å². The molecule has 4 rings (SSSR count). The number of rotatable bonds is 5. The van der Waals surface area contributed by atoms with Gasteiger partial charge in [-0.25, -0.2) is 4.98 Å². The number of para-hydroxylation sites is 1. The van der Waals surface area contributed by atoms with Crippen LogP contribution in [-0.4, -0.2) is 29.9 Å². The first-order valence-electron chi connectivity index (χ1n) is 9.90. The number of hydrogen-bond acceptors (Lipinski definition) is 5. The van der Waals surface area contributed by atoms with Gasteiger partial charge in [-0.2, -0.15) is 0 Å². The SMILES string of the molecule is CCOc1ccccc1C(=O)Nc1nc(-c2ccc3c(c2)CCN3C(C)=O)c(C)s1. The number of carbonyl (C=O) groups is 2. The minimum Gasteiger partial charge on any atom is -0.493 e. The largest absolute Gasteiger partial charge is 0.493 e. The van der Waals surface area contributed by atoms with E-state index >= 15 is 0 Å². The molecular weight excluding hydrogens is 398 g/mol. The Balaban J connectivity index is 1.58. The van der Waals surface area contributed by atoms with E-state index in [1.165, 1.54) is 11.3 Å². The van der Waals surface area contributed by atoms with E-state index in [-0.39, 0.29) is 11.8 Å². The number of carbonyl (C=O) groups excluding carboxylic acids is 2. The highest BCUT2D eigenvalue weighted by Gasteiger charge is 2.23. The lowest BCUT2D eigenvalue weighted by molar-refractivity contribution is -0.116. The van der Waals surface area contributed by atoms with Gasteiger partial charge in [-0.1, -0.05) is 18.2 Å². The van der Waals surface area contributed by atoms with Crippen molar-refractivity contribution < 1.29 is 14.3 Å². The number of nitrogens with zero attached hydrogens (tertiary/aromatic N) is 2. The monoisotopic (exact) mass is 421 g/mol. The minimum absolute atomic E-state index is 0.0590. The molecule has 0 saturated heterocycles. The fraction of sp³-hybridized carbons (Fsp3) is 0.261. The summed E-state index contributed by atoms with van der Waals surface area (Å²) in [5.74, 6) is 0.369. The molecule has 2 aromatic carbocycles. The van der Waals surface area contributed by atoms with E-state index in [9.17, 15) is 9.59 Å². The van der Waals surface area contributed by atoms with Crippen molar-refractivity contribution in [1.29, 1.82) is 0 Å². The van der Waals surface area contributed by atoms with E-state index in [0.29, 0.717) is 29.6 Å². The van der Waals surface area contributed by atoms with Gasteiger partial charge >= 0.3 is 0 Å². The number of fused-ring (bicyclic) bond motifs is 1. The van der Waals surface area contributed by atoms with Gasteiger partial charge in [-0.05, 0) is 50.1 Å². The number of hydrogen-bond donors (Lipinski definition) is 1. The van der Waals surface area contributed by atoms with Gasteiger partial charge in [-0.3, -0.25) is 14.9 Å².